The van der Waals surface area contributed by atoms with Gasteiger partial charge in [-0.15, -0.1) is 0 Å². The van der Waals surface area contributed by atoms with Crippen LogP contribution in [0.25, 0.3) is 10.8 Å². The van der Waals surface area contributed by atoms with Gasteiger partial charge in [0.1, 0.15) is 0 Å². The van der Waals surface area contributed by atoms with Gasteiger partial charge in [-0.1, -0.05) is 48.5 Å². The second kappa shape index (κ2) is 6.02. The first-order valence-corrected chi connectivity index (χ1v) is 7.46. The zero-order chi connectivity index (χ0) is 15.5. The topological polar surface area (TPSA) is 29.1 Å². The van der Waals surface area contributed by atoms with Crippen molar-refractivity contribution in [3.8, 4) is 0 Å². The van der Waals surface area contributed by atoms with Crippen molar-refractivity contribution in [1.82, 2.24) is 0 Å². The molecule has 1 amide bonds. The molecule has 0 aliphatic rings. The molecule has 0 radical (unpaired) electrons. The van der Waals surface area contributed by atoms with Crippen molar-refractivity contribution in [2.24, 2.45) is 0 Å². The van der Waals surface area contributed by atoms with Gasteiger partial charge in [-0.2, -0.15) is 0 Å². The van der Waals surface area contributed by atoms with E-state index in [0.29, 0.717) is 6.42 Å². The standard InChI is InChI=1S/C20H19NO/c1-14-9-15(2)11-19(10-14)21-20(22)13-16-7-8-17-5-3-4-6-18(17)12-16/h3-12H,13H2,1-2H3,(H,21,22). The first-order chi connectivity index (χ1) is 10.6. The largest absolute Gasteiger partial charge is 0.326 e. The van der Waals surface area contributed by atoms with Crippen molar-refractivity contribution in [3.63, 3.8) is 0 Å². The summed E-state index contributed by atoms with van der Waals surface area (Å²) >= 11 is 0. The maximum Gasteiger partial charge on any atom is 0.228 e. The fraction of sp³-hybridized carbons (Fsp3) is 0.150. The molecule has 0 fully saturated rings. The minimum Gasteiger partial charge on any atom is -0.326 e. The Labute approximate surface area is 130 Å². The van der Waals surface area contributed by atoms with Crippen LogP contribution in [0.1, 0.15) is 16.7 Å². The molecule has 0 atom stereocenters. The Morgan fingerprint density at radius 1 is 0.864 bits per heavy atom. The summed E-state index contributed by atoms with van der Waals surface area (Å²) in [6, 6.07) is 20.4. The molecule has 3 rings (SSSR count). The van der Waals surface area contributed by atoms with Crippen molar-refractivity contribution in [1.29, 1.82) is 0 Å². The number of benzene rings is 3. The van der Waals surface area contributed by atoms with E-state index >= 15 is 0 Å². The number of aryl methyl sites for hydroxylation is 2. The van der Waals surface area contributed by atoms with Crippen LogP contribution in [0, 0.1) is 13.8 Å². The fourth-order valence-electron chi connectivity index (χ4n) is 2.79. The second-order valence-corrected chi connectivity index (χ2v) is 5.78. The molecule has 0 aliphatic carbocycles. The van der Waals surface area contributed by atoms with Gasteiger partial charge in [0.15, 0.2) is 0 Å². The molecule has 0 saturated heterocycles. The predicted octanol–water partition coefficient (Wildman–Crippen LogP) is 4.64. The van der Waals surface area contributed by atoms with E-state index in [1.165, 1.54) is 10.8 Å². The lowest BCUT2D eigenvalue weighted by Crippen LogP contribution is -2.14. The average Bonchev–Trinajstić information content (AvgIpc) is 2.45. The van der Waals surface area contributed by atoms with Gasteiger partial charge in [0.05, 0.1) is 6.42 Å². The quantitative estimate of drug-likeness (QED) is 0.748. The van der Waals surface area contributed by atoms with Gasteiger partial charge in [0.25, 0.3) is 0 Å². The maximum atomic E-state index is 12.2. The molecular weight excluding hydrogens is 270 g/mol. The summed E-state index contributed by atoms with van der Waals surface area (Å²) in [5, 5.41) is 5.34. The van der Waals surface area contributed by atoms with E-state index in [9.17, 15) is 4.79 Å². The van der Waals surface area contributed by atoms with Crippen LogP contribution in [0.15, 0.2) is 60.7 Å². The van der Waals surface area contributed by atoms with Crippen LogP contribution < -0.4 is 5.32 Å². The average molecular weight is 289 g/mol. The number of fused-ring (bicyclic) bond motifs is 1. The third-order valence-corrected chi connectivity index (χ3v) is 3.68. The van der Waals surface area contributed by atoms with Crippen molar-refractivity contribution >= 4 is 22.4 Å². The van der Waals surface area contributed by atoms with Crippen LogP contribution in [0.5, 0.6) is 0 Å². The molecule has 1 N–H and O–H groups in total. The summed E-state index contributed by atoms with van der Waals surface area (Å²) in [5.41, 5.74) is 4.20. The van der Waals surface area contributed by atoms with E-state index in [0.717, 1.165) is 22.4 Å². The predicted molar refractivity (Wildman–Crippen MR) is 92.2 cm³/mol. The van der Waals surface area contributed by atoms with Crippen LogP contribution in [0.4, 0.5) is 5.69 Å². The zero-order valence-corrected chi connectivity index (χ0v) is 12.9. The van der Waals surface area contributed by atoms with Crippen molar-refractivity contribution < 1.29 is 4.79 Å². The molecule has 3 aromatic rings. The fourth-order valence-corrected chi connectivity index (χ4v) is 2.79. The molecule has 0 heterocycles. The first kappa shape index (κ1) is 14.3. The molecule has 0 aromatic heterocycles. The summed E-state index contributed by atoms with van der Waals surface area (Å²) in [6.07, 6.45) is 0.387. The van der Waals surface area contributed by atoms with Crippen LogP contribution >= 0.6 is 0 Å². The third kappa shape index (κ3) is 3.34. The lowest BCUT2D eigenvalue weighted by Gasteiger charge is -2.08. The number of hydrogen-bond donors (Lipinski definition) is 1. The van der Waals surface area contributed by atoms with Crippen molar-refractivity contribution in [3.05, 3.63) is 77.4 Å². The highest BCUT2D eigenvalue weighted by Gasteiger charge is 2.06. The minimum atomic E-state index is 0.0141. The number of carbonyl (C=O) groups excluding carboxylic acids is 1. The molecule has 0 bridgehead atoms. The van der Waals surface area contributed by atoms with E-state index in [4.69, 9.17) is 0 Å². The summed E-state index contributed by atoms with van der Waals surface area (Å²) in [6.45, 7) is 4.07. The van der Waals surface area contributed by atoms with Crippen LogP contribution in [-0.2, 0) is 11.2 Å². The molecule has 2 heteroatoms. The van der Waals surface area contributed by atoms with E-state index in [1.807, 2.05) is 44.2 Å². The number of anilines is 1. The first-order valence-electron chi connectivity index (χ1n) is 7.46. The number of rotatable bonds is 3. The second-order valence-electron chi connectivity index (χ2n) is 5.78. The van der Waals surface area contributed by atoms with Gasteiger partial charge in [-0.05, 0) is 53.4 Å². The molecule has 110 valence electrons. The smallest absolute Gasteiger partial charge is 0.228 e. The van der Waals surface area contributed by atoms with Gasteiger partial charge in [-0.3, -0.25) is 4.79 Å². The number of carbonyl (C=O) groups is 1. The Morgan fingerprint density at radius 3 is 2.27 bits per heavy atom. The van der Waals surface area contributed by atoms with E-state index in [1.54, 1.807) is 0 Å². The van der Waals surface area contributed by atoms with E-state index in [-0.39, 0.29) is 5.91 Å². The van der Waals surface area contributed by atoms with Crippen molar-refractivity contribution in [2.75, 3.05) is 5.32 Å². The van der Waals surface area contributed by atoms with Crippen molar-refractivity contribution in [2.45, 2.75) is 20.3 Å². The maximum absolute atomic E-state index is 12.2. The van der Waals surface area contributed by atoms with Crippen LogP contribution in [0.2, 0.25) is 0 Å². The summed E-state index contributed by atoms with van der Waals surface area (Å²) in [7, 11) is 0. The van der Waals surface area contributed by atoms with Gasteiger partial charge >= 0.3 is 0 Å². The Balaban J connectivity index is 1.75. The summed E-state index contributed by atoms with van der Waals surface area (Å²) in [4.78, 5) is 12.2. The summed E-state index contributed by atoms with van der Waals surface area (Å²) < 4.78 is 0. The SMILES string of the molecule is Cc1cc(C)cc(NC(=O)Cc2ccc3ccccc3c2)c1. The Hall–Kier alpha value is -2.61. The molecule has 0 aliphatic heterocycles. The number of nitrogens with one attached hydrogen (secondary N) is 1. The van der Waals surface area contributed by atoms with Gasteiger partial charge in [-0.25, -0.2) is 0 Å². The Kier molecular flexibility index (Phi) is 3.92. The van der Waals surface area contributed by atoms with Gasteiger partial charge < -0.3 is 5.32 Å². The highest BCUT2D eigenvalue weighted by Crippen LogP contribution is 2.17. The molecule has 2 nitrogen and oxygen atoms in total. The Bertz CT molecular complexity index is 816. The lowest BCUT2D eigenvalue weighted by atomic mass is 10.0. The number of hydrogen-bond acceptors (Lipinski definition) is 1. The van der Waals surface area contributed by atoms with Crippen LogP contribution in [0.3, 0.4) is 0 Å². The third-order valence-electron chi connectivity index (χ3n) is 3.68. The van der Waals surface area contributed by atoms with Gasteiger partial charge in [0, 0.05) is 5.69 Å². The molecule has 0 unspecified atom stereocenters. The lowest BCUT2D eigenvalue weighted by molar-refractivity contribution is -0.115. The minimum absolute atomic E-state index is 0.0141. The summed E-state index contributed by atoms with van der Waals surface area (Å²) in [5.74, 6) is 0.0141. The van der Waals surface area contributed by atoms with E-state index < -0.39 is 0 Å². The Morgan fingerprint density at radius 2 is 1.55 bits per heavy atom. The molecular formula is C20H19NO. The monoisotopic (exact) mass is 289 g/mol. The highest BCUT2D eigenvalue weighted by molar-refractivity contribution is 5.93. The van der Waals surface area contributed by atoms with Gasteiger partial charge in [0.2, 0.25) is 5.91 Å². The van der Waals surface area contributed by atoms with Crippen LogP contribution in [-0.4, -0.2) is 5.91 Å². The highest BCUT2D eigenvalue weighted by atomic mass is 16.1. The molecule has 3 aromatic carbocycles. The normalized spacial score (nSPS) is 10.6. The van der Waals surface area contributed by atoms with E-state index in [2.05, 4.69) is 35.6 Å². The number of amides is 1. The molecule has 22 heavy (non-hydrogen) atoms. The molecule has 0 saturated carbocycles. The zero-order valence-electron chi connectivity index (χ0n) is 12.9. The molecule has 0 spiro atoms.